The fourth-order valence-electron chi connectivity index (χ4n) is 3.02. The Morgan fingerprint density at radius 3 is 2.66 bits per heavy atom. The molecule has 0 radical (unpaired) electrons. The van der Waals surface area contributed by atoms with Crippen LogP contribution in [0.1, 0.15) is 5.56 Å². The van der Waals surface area contributed by atoms with Gasteiger partial charge in [0.15, 0.2) is 0 Å². The summed E-state index contributed by atoms with van der Waals surface area (Å²) in [5.74, 6) is 0.414. The predicted molar refractivity (Wildman–Crippen MR) is 112 cm³/mol. The van der Waals surface area contributed by atoms with E-state index in [0.29, 0.717) is 26.3 Å². The highest BCUT2D eigenvalue weighted by atomic mass is 16.5. The number of methoxy groups -OCH3 is 1. The Bertz CT molecular complexity index is 1030. The molecular weight excluding hydrogens is 366 g/mol. The number of aromatic nitrogens is 1. The number of benzene rings is 2. The van der Waals surface area contributed by atoms with Crippen LogP contribution in [-0.2, 0) is 16.1 Å². The largest absolute Gasteiger partial charge is 0.492 e. The number of nitriles is 1. The maximum Gasteiger partial charge on any atom is 0.262 e. The summed E-state index contributed by atoms with van der Waals surface area (Å²) in [5.41, 5.74) is 1.90. The van der Waals surface area contributed by atoms with Crippen molar-refractivity contribution < 1.29 is 14.3 Å². The fraction of sp³-hybridized carbons (Fsp3) is 0.217. The fourth-order valence-corrected chi connectivity index (χ4v) is 3.02. The number of hydrogen-bond donors (Lipinski definition) is 1. The summed E-state index contributed by atoms with van der Waals surface area (Å²) in [6, 6.07) is 19.5. The van der Waals surface area contributed by atoms with Crippen LogP contribution in [0.4, 0.5) is 0 Å². The van der Waals surface area contributed by atoms with E-state index >= 15 is 0 Å². The lowest BCUT2D eigenvalue weighted by Crippen LogP contribution is -2.27. The van der Waals surface area contributed by atoms with Crippen LogP contribution in [0.15, 0.2) is 66.4 Å². The number of para-hydroxylation sites is 2. The molecule has 1 heterocycles. The van der Waals surface area contributed by atoms with Crippen LogP contribution >= 0.6 is 0 Å². The molecule has 6 heteroatoms. The number of rotatable bonds is 9. The van der Waals surface area contributed by atoms with Crippen LogP contribution in [-0.4, -0.2) is 37.3 Å². The summed E-state index contributed by atoms with van der Waals surface area (Å²) in [6.45, 7) is 1.90. The van der Waals surface area contributed by atoms with E-state index in [9.17, 15) is 10.1 Å². The Hall–Kier alpha value is -3.56. The molecule has 29 heavy (non-hydrogen) atoms. The van der Waals surface area contributed by atoms with Gasteiger partial charge in [0, 0.05) is 36.3 Å². The Morgan fingerprint density at radius 2 is 1.90 bits per heavy atom. The maximum absolute atomic E-state index is 12.2. The van der Waals surface area contributed by atoms with Gasteiger partial charge in [-0.15, -0.1) is 0 Å². The molecule has 1 amide bonds. The van der Waals surface area contributed by atoms with Gasteiger partial charge in [0.05, 0.1) is 13.2 Å². The molecule has 3 rings (SSSR count). The lowest BCUT2D eigenvalue weighted by Gasteiger charge is -2.08. The van der Waals surface area contributed by atoms with E-state index in [1.54, 1.807) is 13.2 Å². The normalized spacial score (nSPS) is 11.2. The van der Waals surface area contributed by atoms with Crippen LogP contribution in [0.3, 0.4) is 0 Å². The molecule has 0 aliphatic carbocycles. The third-order valence-corrected chi connectivity index (χ3v) is 4.42. The van der Waals surface area contributed by atoms with E-state index in [1.807, 2.05) is 66.9 Å². The molecule has 6 nitrogen and oxygen atoms in total. The van der Waals surface area contributed by atoms with Gasteiger partial charge in [-0.1, -0.05) is 36.4 Å². The summed E-state index contributed by atoms with van der Waals surface area (Å²) in [5, 5.41) is 13.1. The molecule has 0 saturated heterocycles. The van der Waals surface area contributed by atoms with Crippen molar-refractivity contribution >= 4 is 22.9 Å². The monoisotopic (exact) mass is 389 g/mol. The van der Waals surface area contributed by atoms with E-state index in [-0.39, 0.29) is 5.57 Å². The Labute approximate surface area is 170 Å². The van der Waals surface area contributed by atoms with Gasteiger partial charge < -0.3 is 19.4 Å². The number of carbonyl (C=O) groups is 1. The number of nitrogens with zero attached hydrogens (tertiary/aromatic N) is 2. The standard InChI is InChI=1S/C23H23N3O3/c1-28-13-11-25-23(27)18(16-24)15-19-17-26(22-10-6-5-9-21(19)22)12-14-29-20-7-3-2-4-8-20/h2-10,15,17H,11-14H2,1H3,(H,25,27)/b18-15+. The quantitative estimate of drug-likeness (QED) is 0.346. The zero-order valence-electron chi connectivity index (χ0n) is 16.3. The molecule has 0 spiro atoms. The van der Waals surface area contributed by atoms with Gasteiger partial charge in [0.2, 0.25) is 0 Å². The van der Waals surface area contributed by atoms with Gasteiger partial charge in [-0.3, -0.25) is 4.79 Å². The molecule has 0 bridgehead atoms. The lowest BCUT2D eigenvalue weighted by atomic mass is 10.1. The minimum atomic E-state index is -0.409. The van der Waals surface area contributed by atoms with Crippen molar-refractivity contribution in [2.24, 2.45) is 0 Å². The number of fused-ring (bicyclic) bond motifs is 1. The summed E-state index contributed by atoms with van der Waals surface area (Å²) in [6.07, 6.45) is 3.57. The third kappa shape index (κ3) is 5.24. The number of hydrogen-bond acceptors (Lipinski definition) is 4. The van der Waals surface area contributed by atoms with E-state index in [1.165, 1.54) is 0 Å². The summed E-state index contributed by atoms with van der Waals surface area (Å²) in [7, 11) is 1.56. The van der Waals surface area contributed by atoms with E-state index in [2.05, 4.69) is 9.88 Å². The molecule has 1 aromatic heterocycles. The first kappa shape index (κ1) is 20.2. The Kier molecular flexibility index (Phi) is 7.04. The first-order valence-corrected chi connectivity index (χ1v) is 9.37. The van der Waals surface area contributed by atoms with Crippen LogP contribution in [0, 0.1) is 11.3 Å². The molecule has 0 unspecified atom stereocenters. The average Bonchev–Trinajstić information content (AvgIpc) is 3.10. The summed E-state index contributed by atoms with van der Waals surface area (Å²) < 4.78 is 12.8. The van der Waals surface area contributed by atoms with Crippen LogP contribution < -0.4 is 10.1 Å². The minimum Gasteiger partial charge on any atom is -0.492 e. The Balaban J connectivity index is 1.79. The van der Waals surface area contributed by atoms with Gasteiger partial charge in [0.25, 0.3) is 5.91 Å². The molecular formula is C23H23N3O3. The highest BCUT2D eigenvalue weighted by molar-refractivity contribution is 6.04. The first-order valence-electron chi connectivity index (χ1n) is 9.37. The van der Waals surface area contributed by atoms with Crippen LogP contribution in [0.25, 0.3) is 17.0 Å². The van der Waals surface area contributed by atoms with Crippen molar-refractivity contribution in [3.63, 3.8) is 0 Å². The minimum absolute atomic E-state index is 0.0598. The van der Waals surface area contributed by atoms with Crippen molar-refractivity contribution in [1.29, 1.82) is 5.26 Å². The third-order valence-electron chi connectivity index (χ3n) is 4.42. The molecule has 0 aliphatic heterocycles. The second-order valence-electron chi connectivity index (χ2n) is 6.38. The zero-order chi connectivity index (χ0) is 20.5. The van der Waals surface area contributed by atoms with E-state index in [0.717, 1.165) is 22.2 Å². The number of nitrogens with one attached hydrogen (secondary N) is 1. The maximum atomic E-state index is 12.2. The van der Waals surface area contributed by atoms with Gasteiger partial charge in [0.1, 0.15) is 24.0 Å². The summed E-state index contributed by atoms with van der Waals surface area (Å²) in [4.78, 5) is 12.2. The van der Waals surface area contributed by atoms with Gasteiger partial charge in [-0.05, 0) is 24.3 Å². The predicted octanol–water partition coefficient (Wildman–Crippen LogP) is 3.39. The van der Waals surface area contributed by atoms with Gasteiger partial charge >= 0.3 is 0 Å². The van der Waals surface area contributed by atoms with Crippen LogP contribution in [0.5, 0.6) is 5.75 Å². The SMILES string of the molecule is COCCNC(=O)/C(C#N)=C/c1cn(CCOc2ccccc2)c2ccccc12. The molecule has 0 aliphatic rings. The number of carbonyl (C=O) groups excluding carboxylic acids is 1. The average molecular weight is 389 g/mol. The molecule has 1 N–H and O–H groups in total. The number of amides is 1. The molecule has 148 valence electrons. The van der Waals surface area contributed by atoms with Crippen molar-refractivity contribution in [2.45, 2.75) is 6.54 Å². The molecule has 0 saturated carbocycles. The highest BCUT2D eigenvalue weighted by Crippen LogP contribution is 2.24. The second kappa shape index (κ2) is 10.1. The molecule has 0 atom stereocenters. The van der Waals surface area contributed by atoms with E-state index in [4.69, 9.17) is 9.47 Å². The van der Waals surface area contributed by atoms with Gasteiger partial charge in [-0.2, -0.15) is 5.26 Å². The van der Waals surface area contributed by atoms with Crippen molar-refractivity contribution in [1.82, 2.24) is 9.88 Å². The number of ether oxygens (including phenoxy) is 2. The highest BCUT2D eigenvalue weighted by Gasteiger charge is 2.12. The molecule has 3 aromatic rings. The van der Waals surface area contributed by atoms with Crippen LogP contribution in [0.2, 0.25) is 0 Å². The smallest absolute Gasteiger partial charge is 0.262 e. The molecule has 0 fully saturated rings. The molecule has 2 aromatic carbocycles. The van der Waals surface area contributed by atoms with Gasteiger partial charge in [-0.25, -0.2) is 0 Å². The second-order valence-corrected chi connectivity index (χ2v) is 6.38. The summed E-state index contributed by atoms with van der Waals surface area (Å²) >= 11 is 0. The Morgan fingerprint density at radius 1 is 1.14 bits per heavy atom. The van der Waals surface area contributed by atoms with Crippen molar-refractivity contribution in [2.75, 3.05) is 26.9 Å². The topological polar surface area (TPSA) is 76.3 Å². The lowest BCUT2D eigenvalue weighted by molar-refractivity contribution is -0.117. The van der Waals surface area contributed by atoms with Crippen molar-refractivity contribution in [3.8, 4) is 11.8 Å². The zero-order valence-corrected chi connectivity index (χ0v) is 16.3. The van der Waals surface area contributed by atoms with Crippen molar-refractivity contribution in [3.05, 3.63) is 71.9 Å². The van der Waals surface area contributed by atoms with E-state index < -0.39 is 5.91 Å². The first-order chi connectivity index (χ1) is 14.2.